The molecule has 80 valence electrons. The van der Waals surface area contributed by atoms with Gasteiger partial charge in [0.2, 0.25) is 0 Å². The van der Waals surface area contributed by atoms with Gasteiger partial charge in [-0.1, -0.05) is 0 Å². The Kier molecular flexibility index (Phi) is 2.27. The van der Waals surface area contributed by atoms with Crippen molar-refractivity contribution in [3.8, 4) is 0 Å². The second kappa shape index (κ2) is 3.21. The third-order valence-corrected chi connectivity index (χ3v) is 2.96. The van der Waals surface area contributed by atoms with Gasteiger partial charge in [-0.3, -0.25) is 0 Å². The third-order valence-electron chi connectivity index (χ3n) is 2.96. The first-order valence-electron chi connectivity index (χ1n) is 5.10. The summed E-state index contributed by atoms with van der Waals surface area (Å²) < 4.78 is 15.9. The van der Waals surface area contributed by atoms with Crippen LogP contribution >= 0.6 is 0 Å². The van der Waals surface area contributed by atoms with Gasteiger partial charge >= 0.3 is 5.97 Å². The van der Waals surface area contributed by atoms with Crippen LogP contribution in [0.4, 0.5) is 0 Å². The predicted molar refractivity (Wildman–Crippen MR) is 48.9 cm³/mol. The molecule has 4 nitrogen and oxygen atoms in total. The van der Waals surface area contributed by atoms with Crippen LogP contribution in [0.25, 0.3) is 0 Å². The Labute approximate surface area is 83.5 Å². The van der Waals surface area contributed by atoms with Crippen LogP contribution in [0.5, 0.6) is 0 Å². The van der Waals surface area contributed by atoms with Crippen LogP contribution in [0.2, 0.25) is 0 Å². The van der Waals surface area contributed by atoms with Crippen LogP contribution in [0.15, 0.2) is 0 Å². The van der Waals surface area contributed by atoms with Crippen molar-refractivity contribution in [3.05, 3.63) is 0 Å². The molecule has 0 radical (unpaired) electrons. The highest BCUT2D eigenvalue weighted by Gasteiger charge is 2.68. The van der Waals surface area contributed by atoms with Crippen molar-refractivity contribution in [2.45, 2.75) is 51.1 Å². The molecule has 2 fully saturated rings. The molecule has 0 bridgehead atoms. The van der Waals surface area contributed by atoms with Gasteiger partial charge in [0.15, 0.2) is 6.10 Å². The van der Waals surface area contributed by atoms with E-state index in [1.165, 1.54) is 0 Å². The largest absolute Gasteiger partial charge is 0.464 e. The summed E-state index contributed by atoms with van der Waals surface area (Å²) in [6.45, 7) is 6.14. The van der Waals surface area contributed by atoms with Crippen molar-refractivity contribution < 1.29 is 19.0 Å². The highest BCUT2D eigenvalue weighted by molar-refractivity contribution is 5.79. The highest BCUT2D eigenvalue weighted by Crippen LogP contribution is 2.50. The first-order chi connectivity index (χ1) is 6.60. The van der Waals surface area contributed by atoms with Crippen molar-refractivity contribution >= 4 is 5.97 Å². The van der Waals surface area contributed by atoms with E-state index in [0.717, 1.165) is 6.42 Å². The van der Waals surface area contributed by atoms with E-state index in [9.17, 15) is 4.79 Å². The molecule has 0 aromatic rings. The van der Waals surface area contributed by atoms with E-state index >= 15 is 0 Å². The Bertz CT molecular complexity index is 253. The minimum atomic E-state index is -0.401. The molecule has 2 heterocycles. The number of carbonyl (C=O) groups is 1. The molecule has 4 unspecified atom stereocenters. The second-order valence-electron chi connectivity index (χ2n) is 4.00. The number of hydrogen-bond acceptors (Lipinski definition) is 4. The summed E-state index contributed by atoms with van der Waals surface area (Å²) in [5.74, 6) is -0.253. The van der Waals surface area contributed by atoms with Gasteiger partial charge in [0.1, 0.15) is 5.60 Å². The summed E-state index contributed by atoms with van der Waals surface area (Å²) in [6.07, 6.45) is 0.552. The molecule has 2 saturated heterocycles. The van der Waals surface area contributed by atoms with E-state index in [2.05, 4.69) is 0 Å². The van der Waals surface area contributed by atoms with Gasteiger partial charge in [-0.2, -0.15) is 0 Å². The van der Waals surface area contributed by atoms with Crippen molar-refractivity contribution in [2.24, 2.45) is 0 Å². The van der Waals surface area contributed by atoms with E-state index in [4.69, 9.17) is 14.2 Å². The van der Waals surface area contributed by atoms with E-state index in [1.54, 1.807) is 6.92 Å². The molecule has 0 N–H and O–H groups in total. The second-order valence-corrected chi connectivity index (χ2v) is 4.00. The summed E-state index contributed by atoms with van der Waals surface area (Å²) >= 11 is 0. The zero-order valence-electron chi connectivity index (χ0n) is 8.78. The van der Waals surface area contributed by atoms with Crippen LogP contribution in [-0.2, 0) is 19.0 Å². The van der Waals surface area contributed by atoms with E-state index < -0.39 is 6.10 Å². The lowest BCUT2D eigenvalue weighted by molar-refractivity contribution is -0.144. The lowest BCUT2D eigenvalue weighted by Gasteiger charge is -2.07. The lowest BCUT2D eigenvalue weighted by Crippen LogP contribution is -2.28. The zero-order chi connectivity index (χ0) is 10.3. The molecule has 14 heavy (non-hydrogen) atoms. The van der Waals surface area contributed by atoms with E-state index in [0.29, 0.717) is 6.61 Å². The summed E-state index contributed by atoms with van der Waals surface area (Å²) in [4.78, 5) is 11.4. The Hall–Kier alpha value is -0.610. The fourth-order valence-corrected chi connectivity index (χ4v) is 2.24. The molecule has 0 aliphatic carbocycles. The topological polar surface area (TPSA) is 48.1 Å². The highest BCUT2D eigenvalue weighted by atomic mass is 16.7. The molecule has 0 amide bonds. The molecule has 4 atom stereocenters. The number of epoxide rings is 1. The standard InChI is InChI=1S/C10H16O4/c1-4-12-9(11)8-10(14-8)5-6(2)13-7(10)3/h6-8H,4-5H2,1-3H3. The van der Waals surface area contributed by atoms with Crippen LogP contribution in [0, 0.1) is 0 Å². The summed E-state index contributed by atoms with van der Waals surface area (Å²) in [7, 11) is 0. The minimum absolute atomic E-state index is 0.00749. The van der Waals surface area contributed by atoms with E-state index in [-0.39, 0.29) is 23.8 Å². The van der Waals surface area contributed by atoms with Crippen molar-refractivity contribution in [1.82, 2.24) is 0 Å². The van der Waals surface area contributed by atoms with E-state index in [1.807, 2.05) is 13.8 Å². The maximum Gasteiger partial charge on any atom is 0.338 e. The third kappa shape index (κ3) is 1.33. The number of rotatable bonds is 2. The molecule has 2 aliphatic rings. The summed E-state index contributed by atoms with van der Waals surface area (Å²) in [6, 6.07) is 0. The molecule has 0 aromatic heterocycles. The summed E-state index contributed by atoms with van der Waals surface area (Å²) in [5.41, 5.74) is -0.383. The van der Waals surface area contributed by atoms with Crippen molar-refractivity contribution in [2.75, 3.05) is 6.61 Å². The molecular formula is C10H16O4. The molecule has 0 saturated carbocycles. The van der Waals surface area contributed by atoms with Crippen LogP contribution < -0.4 is 0 Å². The van der Waals surface area contributed by atoms with Gasteiger partial charge in [-0.25, -0.2) is 4.79 Å². The minimum Gasteiger partial charge on any atom is -0.464 e. The van der Waals surface area contributed by atoms with Crippen molar-refractivity contribution in [3.63, 3.8) is 0 Å². The molecule has 2 rings (SSSR count). The van der Waals surface area contributed by atoms with Crippen LogP contribution in [0.3, 0.4) is 0 Å². The maximum absolute atomic E-state index is 11.4. The zero-order valence-corrected chi connectivity index (χ0v) is 8.78. The number of carbonyl (C=O) groups excluding carboxylic acids is 1. The van der Waals surface area contributed by atoms with Gasteiger partial charge in [0, 0.05) is 6.42 Å². The Balaban J connectivity index is 1.99. The smallest absolute Gasteiger partial charge is 0.338 e. The fourth-order valence-electron chi connectivity index (χ4n) is 2.24. The molecule has 1 spiro atoms. The van der Waals surface area contributed by atoms with Crippen LogP contribution in [-0.4, -0.2) is 36.5 Å². The first kappa shape index (κ1) is 9.93. The maximum atomic E-state index is 11.4. The average molecular weight is 200 g/mol. The quantitative estimate of drug-likeness (QED) is 0.490. The van der Waals surface area contributed by atoms with Gasteiger partial charge in [-0.15, -0.1) is 0 Å². The molecule has 0 aromatic carbocycles. The fraction of sp³-hybridized carbons (Fsp3) is 0.900. The van der Waals surface area contributed by atoms with Gasteiger partial charge in [0.25, 0.3) is 0 Å². The molecule has 4 heteroatoms. The Morgan fingerprint density at radius 2 is 2.29 bits per heavy atom. The number of hydrogen-bond donors (Lipinski definition) is 0. The monoisotopic (exact) mass is 200 g/mol. The Morgan fingerprint density at radius 3 is 2.79 bits per heavy atom. The normalized spacial score (nSPS) is 45.5. The average Bonchev–Trinajstić information content (AvgIpc) is 2.73. The Morgan fingerprint density at radius 1 is 1.57 bits per heavy atom. The lowest BCUT2D eigenvalue weighted by atomic mass is 9.96. The van der Waals surface area contributed by atoms with Gasteiger partial charge in [0.05, 0.1) is 18.8 Å². The molecule has 2 aliphatic heterocycles. The van der Waals surface area contributed by atoms with Gasteiger partial charge < -0.3 is 14.2 Å². The van der Waals surface area contributed by atoms with Gasteiger partial charge in [-0.05, 0) is 20.8 Å². The SMILES string of the molecule is CCOC(=O)C1OC12CC(C)OC2C. The summed E-state index contributed by atoms with van der Waals surface area (Å²) in [5, 5.41) is 0. The molecular weight excluding hydrogens is 184 g/mol. The predicted octanol–water partition coefficient (Wildman–Crippen LogP) is 0.884. The first-order valence-corrected chi connectivity index (χ1v) is 5.10. The van der Waals surface area contributed by atoms with Crippen LogP contribution in [0.1, 0.15) is 27.2 Å². The van der Waals surface area contributed by atoms with Crippen molar-refractivity contribution in [1.29, 1.82) is 0 Å². The number of esters is 1. The number of ether oxygens (including phenoxy) is 3.